The first-order valence-corrected chi connectivity index (χ1v) is 5.49. The molecule has 1 aliphatic carbocycles. The third-order valence-corrected chi connectivity index (χ3v) is 2.97. The van der Waals surface area contributed by atoms with Crippen LogP contribution in [-0.4, -0.2) is 27.8 Å². The van der Waals surface area contributed by atoms with Gasteiger partial charge in [0.25, 0.3) is 0 Å². The van der Waals surface area contributed by atoms with Crippen molar-refractivity contribution in [2.45, 2.75) is 37.6 Å². The highest BCUT2D eigenvalue weighted by atomic mass is 19.4. The summed E-state index contributed by atoms with van der Waals surface area (Å²) in [4.78, 5) is 4.03. The van der Waals surface area contributed by atoms with Gasteiger partial charge in [-0.15, -0.1) is 0 Å². The van der Waals surface area contributed by atoms with Crippen molar-refractivity contribution in [3.05, 3.63) is 18.2 Å². The molecule has 1 heterocycles. The summed E-state index contributed by atoms with van der Waals surface area (Å²) in [7, 11) is 0. The molecule has 7 heteroatoms. The van der Waals surface area contributed by atoms with Crippen LogP contribution in [0.25, 0.3) is 0 Å². The molecule has 1 aliphatic rings. The second-order valence-corrected chi connectivity index (χ2v) is 4.32. The standard InChI is InChI=1S/C10H15F3N4/c11-10(12,13)9(1-2-9)16-5-8-6-17(4-3-14)7-15-8/h6-7,16H,1-5,14H2. The number of nitrogens with two attached hydrogens (primary N) is 1. The van der Waals surface area contributed by atoms with Crippen LogP contribution in [0.15, 0.2) is 12.5 Å². The Balaban J connectivity index is 1.90. The van der Waals surface area contributed by atoms with Gasteiger partial charge < -0.3 is 10.3 Å². The van der Waals surface area contributed by atoms with Crippen molar-refractivity contribution in [3.63, 3.8) is 0 Å². The van der Waals surface area contributed by atoms with Gasteiger partial charge in [-0.25, -0.2) is 4.98 Å². The molecule has 0 saturated heterocycles. The Kier molecular flexibility index (Phi) is 3.13. The Morgan fingerprint density at radius 3 is 2.71 bits per heavy atom. The fourth-order valence-electron chi connectivity index (χ4n) is 1.71. The van der Waals surface area contributed by atoms with Crippen LogP contribution in [0, 0.1) is 0 Å². The van der Waals surface area contributed by atoms with Gasteiger partial charge in [0.2, 0.25) is 0 Å². The number of hydrogen-bond donors (Lipinski definition) is 2. The average Bonchev–Trinajstić information content (AvgIpc) is 2.92. The van der Waals surface area contributed by atoms with Crippen LogP contribution < -0.4 is 11.1 Å². The second-order valence-electron chi connectivity index (χ2n) is 4.32. The summed E-state index contributed by atoms with van der Waals surface area (Å²) in [6.45, 7) is 1.24. The Morgan fingerprint density at radius 2 is 2.18 bits per heavy atom. The van der Waals surface area contributed by atoms with Crippen molar-refractivity contribution in [3.8, 4) is 0 Å². The third-order valence-electron chi connectivity index (χ3n) is 2.97. The van der Waals surface area contributed by atoms with Crippen LogP contribution in [-0.2, 0) is 13.1 Å². The molecule has 0 bridgehead atoms. The van der Waals surface area contributed by atoms with Crippen molar-refractivity contribution in [1.82, 2.24) is 14.9 Å². The first-order chi connectivity index (χ1) is 7.97. The predicted molar refractivity (Wildman–Crippen MR) is 56.1 cm³/mol. The van der Waals surface area contributed by atoms with E-state index in [1.165, 1.54) is 0 Å². The fraction of sp³-hybridized carbons (Fsp3) is 0.700. The van der Waals surface area contributed by atoms with Crippen LogP contribution in [0.4, 0.5) is 13.2 Å². The first-order valence-electron chi connectivity index (χ1n) is 5.49. The molecule has 0 radical (unpaired) electrons. The summed E-state index contributed by atoms with van der Waals surface area (Å²) >= 11 is 0. The molecule has 1 aromatic rings. The summed E-state index contributed by atoms with van der Waals surface area (Å²) in [6.07, 6.45) is -0.573. The van der Waals surface area contributed by atoms with Crippen molar-refractivity contribution >= 4 is 0 Å². The Bertz CT molecular complexity index is 381. The van der Waals surface area contributed by atoms with Gasteiger partial charge in [0.15, 0.2) is 0 Å². The molecular formula is C10H15F3N4. The van der Waals surface area contributed by atoms with Gasteiger partial charge in [0, 0.05) is 25.8 Å². The van der Waals surface area contributed by atoms with Crippen molar-refractivity contribution < 1.29 is 13.2 Å². The number of imidazole rings is 1. The molecule has 1 saturated carbocycles. The number of hydrogen-bond acceptors (Lipinski definition) is 3. The van der Waals surface area contributed by atoms with Gasteiger partial charge >= 0.3 is 6.18 Å². The number of rotatable bonds is 5. The average molecular weight is 248 g/mol. The zero-order valence-electron chi connectivity index (χ0n) is 9.30. The van der Waals surface area contributed by atoms with Gasteiger partial charge in [-0.1, -0.05) is 0 Å². The number of nitrogens with one attached hydrogen (secondary N) is 1. The van der Waals surface area contributed by atoms with Crippen molar-refractivity contribution in [2.75, 3.05) is 6.54 Å². The van der Waals surface area contributed by atoms with E-state index in [2.05, 4.69) is 10.3 Å². The maximum absolute atomic E-state index is 12.6. The van der Waals surface area contributed by atoms with Gasteiger partial charge in [-0.2, -0.15) is 13.2 Å². The minimum absolute atomic E-state index is 0.136. The van der Waals surface area contributed by atoms with Crippen molar-refractivity contribution in [2.24, 2.45) is 5.73 Å². The highest BCUT2D eigenvalue weighted by molar-refractivity contribution is 5.09. The molecule has 17 heavy (non-hydrogen) atoms. The Morgan fingerprint density at radius 1 is 1.47 bits per heavy atom. The van der Waals surface area contributed by atoms with Gasteiger partial charge in [-0.05, 0) is 12.8 Å². The largest absolute Gasteiger partial charge is 0.406 e. The summed E-state index contributed by atoms with van der Waals surface area (Å²) < 4.78 is 39.6. The SMILES string of the molecule is NCCn1cnc(CNC2(C(F)(F)F)CC2)c1. The highest BCUT2D eigenvalue weighted by Gasteiger charge is 2.62. The smallest absolute Gasteiger partial charge is 0.336 e. The maximum atomic E-state index is 12.6. The summed E-state index contributed by atoms with van der Waals surface area (Å²) in [5, 5.41) is 2.55. The number of nitrogens with zero attached hydrogens (tertiary/aromatic N) is 2. The molecule has 1 fully saturated rings. The van der Waals surface area contributed by atoms with Crippen LogP contribution >= 0.6 is 0 Å². The van der Waals surface area contributed by atoms with Crippen LogP contribution in [0.2, 0.25) is 0 Å². The normalized spacial score (nSPS) is 18.4. The lowest BCUT2D eigenvalue weighted by atomic mass is 10.2. The predicted octanol–water partition coefficient (Wildman–Crippen LogP) is 1.03. The van der Waals surface area contributed by atoms with Gasteiger partial charge in [-0.3, -0.25) is 5.32 Å². The quantitative estimate of drug-likeness (QED) is 0.818. The fourth-order valence-corrected chi connectivity index (χ4v) is 1.71. The molecule has 4 nitrogen and oxygen atoms in total. The molecule has 2 rings (SSSR count). The Hall–Kier alpha value is -1.08. The van der Waals surface area contributed by atoms with Crippen molar-refractivity contribution in [1.29, 1.82) is 0 Å². The summed E-state index contributed by atoms with van der Waals surface area (Å²) in [6, 6.07) is 0. The van der Waals surface area contributed by atoms with E-state index in [1.807, 2.05) is 0 Å². The molecule has 96 valence electrons. The molecule has 0 spiro atoms. The van der Waals surface area contributed by atoms with E-state index in [1.54, 1.807) is 17.1 Å². The van der Waals surface area contributed by atoms with Gasteiger partial charge in [0.1, 0.15) is 5.54 Å². The minimum atomic E-state index is -4.17. The number of halogens is 3. The highest BCUT2D eigenvalue weighted by Crippen LogP contribution is 2.48. The van der Waals surface area contributed by atoms with E-state index in [-0.39, 0.29) is 19.4 Å². The van der Waals surface area contributed by atoms with Gasteiger partial charge in [0.05, 0.1) is 12.0 Å². The molecule has 0 aliphatic heterocycles. The lowest BCUT2D eigenvalue weighted by Gasteiger charge is -2.19. The summed E-state index contributed by atoms with van der Waals surface area (Å²) in [5.74, 6) is 0. The van der Waals surface area contributed by atoms with Crippen LogP contribution in [0.3, 0.4) is 0 Å². The van der Waals surface area contributed by atoms with Crippen LogP contribution in [0.5, 0.6) is 0 Å². The lowest BCUT2D eigenvalue weighted by Crippen LogP contribution is -2.44. The van der Waals surface area contributed by atoms with E-state index in [0.717, 1.165) is 0 Å². The zero-order valence-corrected chi connectivity index (χ0v) is 9.30. The third kappa shape index (κ3) is 2.61. The maximum Gasteiger partial charge on any atom is 0.406 e. The topological polar surface area (TPSA) is 55.9 Å². The zero-order chi connectivity index (χ0) is 12.5. The number of alkyl halides is 3. The molecule has 0 atom stereocenters. The van der Waals surface area contributed by atoms with E-state index >= 15 is 0 Å². The lowest BCUT2D eigenvalue weighted by molar-refractivity contribution is -0.166. The van der Waals surface area contributed by atoms with E-state index in [9.17, 15) is 13.2 Å². The number of aromatic nitrogens is 2. The molecule has 1 aromatic heterocycles. The molecule has 0 unspecified atom stereocenters. The second kappa shape index (κ2) is 4.30. The van der Waals surface area contributed by atoms with E-state index in [0.29, 0.717) is 18.8 Å². The monoisotopic (exact) mass is 248 g/mol. The molecule has 0 aromatic carbocycles. The molecule has 0 amide bonds. The molecule has 3 N–H and O–H groups in total. The van der Waals surface area contributed by atoms with E-state index in [4.69, 9.17) is 5.73 Å². The summed E-state index contributed by atoms with van der Waals surface area (Å²) in [5.41, 5.74) is 4.30. The van der Waals surface area contributed by atoms with E-state index < -0.39 is 11.7 Å². The van der Waals surface area contributed by atoms with Crippen LogP contribution in [0.1, 0.15) is 18.5 Å². The first kappa shape index (κ1) is 12.4. The molecular weight excluding hydrogens is 233 g/mol. The Labute approximate surface area is 97.0 Å². The minimum Gasteiger partial charge on any atom is -0.336 e.